The Morgan fingerprint density at radius 3 is 2.38 bits per heavy atom. The maximum absolute atomic E-state index is 13.8. The smallest absolute Gasteiger partial charge is 0.237 e. The largest absolute Gasteiger partial charge is 0.326 e. The van der Waals surface area contributed by atoms with Gasteiger partial charge in [0.1, 0.15) is 5.82 Å². The molecule has 2 amide bonds. The van der Waals surface area contributed by atoms with Crippen LogP contribution < -0.4 is 10.6 Å². The lowest BCUT2D eigenvalue weighted by Crippen LogP contribution is -2.33. The van der Waals surface area contributed by atoms with Crippen LogP contribution in [-0.2, 0) is 16.1 Å². The first-order valence-corrected chi connectivity index (χ1v) is 7.43. The van der Waals surface area contributed by atoms with E-state index in [1.54, 1.807) is 6.07 Å². The molecule has 0 bridgehead atoms. The van der Waals surface area contributed by atoms with Gasteiger partial charge < -0.3 is 5.73 Å². The zero-order chi connectivity index (χ0) is 15.1. The predicted octanol–water partition coefficient (Wildman–Crippen LogP) is 2.21. The summed E-state index contributed by atoms with van der Waals surface area (Å²) in [4.78, 5) is 26.3. The monoisotopic (exact) mass is 290 g/mol. The van der Waals surface area contributed by atoms with Crippen LogP contribution in [0.15, 0.2) is 18.2 Å². The van der Waals surface area contributed by atoms with E-state index >= 15 is 0 Å². The number of hydrogen-bond donors (Lipinski definition) is 1. The minimum atomic E-state index is -0.473. The number of nitrogens with zero attached hydrogens (tertiary/aromatic N) is 1. The normalized spacial score (nSPS) is 28.3. The number of carbonyl (C=O) groups is 2. The van der Waals surface area contributed by atoms with Crippen molar-refractivity contribution in [3.63, 3.8) is 0 Å². The zero-order valence-electron chi connectivity index (χ0n) is 12.0. The van der Waals surface area contributed by atoms with Gasteiger partial charge in [0.2, 0.25) is 11.8 Å². The van der Waals surface area contributed by atoms with Crippen molar-refractivity contribution < 1.29 is 14.0 Å². The van der Waals surface area contributed by atoms with E-state index < -0.39 is 5.82 Å². The van der Waals surface area contributed by atoms with E-state index in [-0.39, 0.29) is 35.8 Å². The Morgan fingerprint density at radius 2 is 1.86 bits per heavy atom. The quantitative estimate of drug-likeness (QED) is 0.868. The van der Waals surface area contributed by atoms with Gasteiger partial charge in [0, 0.05) is 12.1 Å². The number of fused-ring (bicyclic) bond motifs is 1. The van der Waals surface area contributed by atoms with Crippen molar-refractivity contribution in [2.24, 2.45) is 23.5 Å². The van der Waals surface area contributed by atoms with Gasteiger partial charge in [0.05, 0.1) is 17.5 Å². The number of amides is 2. The number of benzene rings is 1. The van der Waals surface area contributed by atoms with Crippen molar-refractivity contribution in [3.8, 4) is 0 Å². The highest BCUT2D eigenvalue weighted by molar-refractivity contribution is 6.22. The Morgan fingerprint density at radius 1 is 1.24 bits per heavy atom. The summed E-state index contributed by atoms with van der Waals surface area (Å²) in [5, 5.41) is 0. The highest BCUT2D eigenvalue weighted by atomic mass is 19.1. The second-order valence-electron chi connectivity index (χ2n) is 5.91. The lowest BCUT2D eigenvalue weighted by atomic mass is 10.00. The van der Waals surface area contributed by atoms with E-state index in [1.165, 1.54) is 12.1 Å². The van der Waals surface area contributed by atoms with Gasteiger partial charge in [0.25, 0.3) is 0 Å². The fourth-order valence-electron chi connectivity index (χ4n) is 3.66. The van der Waals surface area contributed by atoms with Crippen LogP contribution in [-0.4, -0.2) is 11.8 Å². The van der Waals surface area contributed by atoms with E-state index in [0.717, 1.165) is 24.2 Å². The first-order chi connectivity index (χ1) is 10.1. The van der Waals surface area contributed by atoms with E-state index in [0.29, 0.717) is 11.6 Å². The Labute approximate surface area is 123 Å². The third-order valence-corrected chi connectivity index (χ3v) is 4.85. The standard InChI is InChI=1S/C16H19FN2O2/c1-2-9-6-10-11(7-9)16(21)19(15(10)20)14-5-3-4-13(17)12(14)8-18/h3-5,9-11H,2,6-8,18H2,1H3. The van der Waals surface area contributed by atoms with Crippen LogP contribution in [0.1, 0.15) is 31.7 Å². The zero-order valence-corrected chi connectivity index (χ0v) is 12.0. The van der Waals surface area contributed by atoms with E-state index in [9.17, 15) is 14.0 Å². The first kappa shape index (κ1) is 14.2. The number of anilines is 1. The number of carbonyl (C=O) groups excluding carboxylic acids is 2. The molecular formula is C16H19FN2O2. The fraction of sp³-hybridized carbons (Fsp3) is 0.500. The molecule has 0 aromatic heterocycles. The second-order valence-corrected chi connectivity index (χ2v) is 5.91. The summed E-state index contributed by atoms with van der Waals surface area (Å²) in [6.07, 6.45) is 2.51. The molecule has 2 fully saturated rings. The molecule has 2 atom stereocenters. The SMILES string of the molecule is CCC1CC2C(=O)N(c3cccc(F)c3CN)C(=O)C2C1. The van der Waals surface area contributed by atoms with Crippen molar-refractivity contribution in [2.75, 3.05) is 4.90 Å². The van der Waals surface area contributed by atoms with Crippen molar-refractivity contribution in [1.29, 1.82) is 0 Å². The number of rotatable bonds is 3. The average Bonchev–Trinajstić information content (AvgIpc) is 2.99. The Hall–Kier alpha value is -1.75. The molecule has 1 saturated carbocycles. The summed E-state index contributed by atoms with van der Waals surface area (Å²) < 4.78 is 13.8. The van der Waals surface area contributed by atoms with Gasteiger partial charge in [-0.25, -0.2) is 9.29 Å². The summed E-state index contributed by atoms with van der Waals surface area (Å²) in [7, 11) is 0. The fourth-order valence-corrected chi connectivity index (χ4v) is 3.66. The van der Waals surface area contributed by atoms with Gasteiger partial charge in [0.15, 0.2) is 0 Å². The summed E-state index contributed by atoms with van der Waals surface area (Å²) in [5.74, 6) is -0.897. The van der Waals surface area contributed by atoms with E-state index in [2.05, 4.69) is 6.92 Å². The molecule has 5 heteroatoms. The molecule has 0 radical (unpaired) electrons. The third kappa shape index (κ3) is 2.07. The number of imide groups is 1. The van der Waals surface area contributed by atoms with Gasteiger partial charge in [-0.1, -0.05) is 19.4 Å². The van der Waals surface area contributed by atoms with E-state index in [4.69, 9.17) is 5.73 Å². The highest BCUT2D eigenvalue weighted by Crippen LogP contribution is 2.46. The molecule has 1 aromatic carbocycles. The minimum absolute atomic E-state index is 0.0357. The highest BCUT2D eigenvalue weighted by Gasteiger charge is 2.53. The van der Waals surface area contributed by atoms with Crippen molar-refractivity contribution in [2.45, 2.75) is 32.7 Å². The van der Waals surface area contributed by atoms with Crippen LogP contribution in [0.25, 0.3) is 0 Å². The lowest BCUT2D eigenvalue weighted by Gasteiger charge is -2.20. The van der Waals surface area contributed by atoms with E-state index in [1.807, 2.05) is 0 Å². The van der Waals surface area contributed by atoms with Crippen LogP contribution in [0.3, 0.4) is 0 Å². The minimum Gasteiger partial charge on any atom is -0.326 e. The molecule has 1 aromatic rings. The van der Waals surface area contributed by atoms with Gasteiger partial charge in [-0.3, -0.25) is 9.59 Å². The summed E-state index contributed by atoms with van der Waals surface area (Å²) >= 11 is 0. The Kier molecular flexibility index (Phi) is 3.53. The molecule has 2 aliphatic rings. The summed E-state index contributed by atoms with van der Waals surface area (Å²) in [6, 6.07) is 4.40. The molecule has 1 heterocycles. The Balaban J connectivity index is 1.97. The second kappa shape index (κ2) is 5.22. The topological polar surface area (TPSA) is 63.4 Å². The van der Waals surface area contributed by atoms with Crippen molar-refractivity contribution >= 4 is 17.5 Å². The van der Waals surface area contributed by atoms with Gasteiger partial charge in [-0.2, -0.15) is 0 Å². The van der Waals surface area contributed by atoms with Crippen LogP contribution in [0, 0.1) is 23.6 Å². The number of hydrogen-bond acceptors (Lipinski definition) is 3. The third-order valence-electron chi connectivity index (χ3n) is 4.85. The van der Waals surface area contributed by atoms with Crippen molar-refractivity contribution in [3.05, 3.63) is 29.6 Å². The molecule has 0 spiro atoms. The maximum atomic E-state index is 13.8. The summed E-state index contributed by atoms with van der Waals surface area (Å²) in [5.41, 5.74) is 6.12. The molecule has 2 unspecified atom stereocenters. The molecular weight excluding hydrogens is 271 g/mol. The van der Waals surface area contributed by atoms with Gasteiger partial charge >= 0.3 is 0 Å². The van der Waals surface area contributed by atoms with Gasteiger partial charge in [-0.15, -0.1) is 0 Å². The maximum Gasteiger partial charge on any atom is 0.237 e. The van der Waals surface area contributed by atoms with Crippen LogP contribution in [0.2, 0.25) is 0 Å². The molecule has 1 saturated heterocycles. The molecule has 4 nitrogen and oxygen atoms in total. The first-order valence-electron chi connectivity index (χ1n) is 7.43. The molecule has 3 rings (SSSR count). The summed E-state index contributed by atoms with van der Waals surface area (Å²) in [6.45, 7) is 2.05. The number of nitrogens with two attached hydrogens (primary N) is 1. The average molecular weight is 290 g/mol. The molecule has 21 heavy (non-hydrogen) atoms. The number of halogens is 1. The van der Waals surface area contributed by atoms with Crippen LogP contribution in [0.4, 0.5) is 10.1 Å². The predicted molar refractivity (Wildman–Crippen MR) is 76.8 cm³/mol. The molecule has 112 valence electrons. The van der Waals surface area contributed by atoms with Gasteiger partial charge in [-0.05, 0) is 30.9 Å². The lowest BCUT2D eigenvalue weighted by molar-refractivity contribution is -0.123. The van der Waals surface area contributed by atoms with Crippen LogP contribution in [0.5, 0.6) is 0 Å². The molecule has 2 N–H and O–H groups in total. The molecule has 1 aliphatic heterocycles. The van der Waals surface area contributed by atoms with Crippen molar-refractivity contribution in [1.82, 2.24) is 0 Å². The Bertz CT molecular complexity index is 578. The van der Waals surface area contributed by atoms with Crippen LogP contribution >= 0.6 is 0 Å². The molecule has 1 aliphatic carbocycles.